The summed E-state index contributed by atoms with van der Waals surface area (Å²) < 4.78 is 48.2. The van der Waals surface area contributed by atoms with Gasteiger partial charge in [-0.3, -0.25) is 14.4 Å². The van der Waals surface area contributed by atoms with Gasteiger partial charge >= 0.3 is 17.9 Å². The number of esters is 3. The van der Waals surface area contributed by atoms with Gasteiger partial charge in [-0.25, -0.2) is 0 Å². The SMILES string of the molecule is CCC(=O)O[C@H]1[C@H](C)O[C@@H](O[C@H]2[C@H](N(C)C)[C@@H](O)[C@H](O[C@H]3[C@@H](CC=O)C[C@@H](C)[C@@H](O)/C=C\C=C/C[C@@H](C)OC(=O)C[C@@H](OC(C)=O)[C@@H]3OC)O[C@@H]2C)C[C@@]1(C)O. The number of carbonyl (C=O) groups excluding carboxylic acids is 4. The standard InChI is InChI=1S/C40H65NO15/c1-11-30(45)54-38-25(5)51-32(21-40(38,7)48)55-35-24(4)52-39(34(47)33(35)41(8)9)56-36-27(17-18-42)19-22(2)28(44)16-14-12-13-15-23(3)50-31(46)20-29(37(36)49-10)53-26(6)43/h12-14,16,18,22-25,27-29,32-39,44,47-48H,11,15,17,19-21H2,1-10H3/b13-12-,16-14-/t22-,23-,24-,25+,27+,28+,29-,32+,33-,34-,35-,36+,37+,38+,39+,40-/m1/s1. The van der Waals surface area contributed by atoms with Gasteiger partial charge in [-0.1, -0.05) is 38.2 Å². The molecule has 320 valence electrons. The van der Waals surface area contributed by atoms with Crippen molar-refractivity contribution < 1.29 is 72.4 Å². The molecule has 0 radical (unpaired) electrons. The van der Waals surface area contributed by atoms with Crippen LogP contribution in [0.4, 0.5) is 0 Å². The first kappa shape index (κ1) is 47.6. The summed E-state index contributed by atoms with van der Waals surface area (Å²) in [5.74, 6) is -2.92. The quantitative estimate of drug-likeness (QED) is 0.156. The molecule has 0 bridgehead atoms. The van der Waals surface area contributed by atoms with Crippen LogP contribution < -0.4 is 0 Å². The first-order valence-electron chi connectivity index (χ1n) is 19.6. The Morgan fingerprint density at radius 2 is 1.71 bits per heavy atom. The van der Waals surface area contributed by atoms with Gasteiger partial charge in [0.2, 0.25) is 0 Å². The zero-order chi connectivity index (χ0) is 41.9. The highest BCUT2D eigenvalue weighted by atomic mass is 16.7. The Kier molecular flexibility index (Phi) is 18.5. The number of rotatable bonds is 11. The zero-order valence-electron chi connectivity index (χ0n) is 34.5. The van der Waals surface area contributed by atoms with Crippen LogP contribution >= 0.6 is 0 Å². The first-order chi connectivity index (χ1) is 26.3. The van der Waals surface area contributed by atoms with Crippen LogP contribution in [0.3, 0.4) is 0 Å². The smallest absolute Gasteiger partial charge is 0.309 e. The highest BCUT2D eigenvalue weighted by Crippen LogP contribution is 2.37. The van der Waals surface area contributed by atoms with Crippen LogP contribution in [0.5, 0.6) is 0 Å². The van der Waals surface area contributed by atoms with E-state index in [0.29, 0.717) is 12.7 Å². The predicted molar refractivity (Wildman–Crippen MR) is 201 cm³/mol. The van der Waals surface area contributed by atoms with Gasteiger partial charge < -0.3 is 62.9 Å². The Morgan fingerprint density at radius 1 is 1.02 bits per heavy atom. The van der Waals surface area contributed by atoms with Gasteiger partial charge in [0, 0.05) is 39.7 Å². The number of aliphatic hydroxyl groups excluding tert-OH is 2. The number of nitrogens with zero attached hydrogens (tertiary/aromatic N) is 1. The number of methoxy groups -OCH3 is 1. The Morgan fingerprint density at radius 3 is 2.30 bits per heavy atom. The maximum Gasteiger partial charge on any atom is 0.309 e. The molecule has 0 amide bonds. The van der Waals surface area contributed by atoms with E-state index in [-0.39, 0.29) is 25.7 Å². The molecule has 0 aromatic carbocycles. The molecule has 0 spiro atoms. The van der Waals surface area contributed by atoms with Crippen molar-refractivity contribution in [1.29, 1.82) is 0 Å². The number of cyclic esters (lactones) is 1. The maximum absolute atomic E-state index is 13.2. The van der Waals surface area contributed by atoms with Crippen molar-refractivity contribution in [3.63, 3.8) is 0 Å². The van der Waals surface area contributed by atoms with Crippen LogP contribution in [0.2, 0.25) is 0 Å². The lowest BCUT2D eigenvalue weighted by molar-refractivity contribution is -0.344. The summed E-state index contributed by atoms with van der Waals surface area (Å²) >= 11 is 0. The van der Waals surface area contributed by atoms with Crippen molar-refractivity contribution in [1.82, 2.24) is 4.90 Å². The van der Waals surface area contributed by atoms with Gasteiger partial charge in [-0.05, 0) is 60.0 Å². The summed E-state index contributed by atoms with van der Waals surface area (Å²) in [6.45, 7) is 11.3. The van der Waals surface area contributed by atoms with Crippen LogP contribution in [0, 0.1) is 11.8 Å². The third-order valence-corrected chi connectivity index (χ3v) is 10.6. The lowest BCUT2D eigenvalue weighted by Gasteiger charge is -2.50. The molecule has 16 heteroatoms. The van der Waals surface area contributed by atoms with Gasteiger partial charge in [0.05, 0.1) is 36.9 Å². The third kappa shape index (κ3) is 13.1. The normalized spacial score (nSPS) is 41.6. The molecule has 16 nitrogen and oxygen atoms in total. The molecule has 0 unspecified atom stereocenters. The molecule has 2 saturated heterocycles. The van der Waals surface area contributed by atoms with E-state index in [1.165, 1.54) is 14.0 Å². The number of hydrogen-bond donors (Lipinski definition) is 3. The second kappa shape index (κ2) is 21.8. The number of aliphatic hydroxyl groups is 3. The van der Waals surface area contributed by atoms with E-state index in [0.717, 1.165) is 0 Å². The van der Waals surface area contributed by atoms with E-state index >= 15 is 0 Å². The van der Waals surface area contributed by atoms with Gasteiger partial charge in [0.25, 0.3) is 0 Å². The van der Waals surface area contributed by atoms with Crippen molar-refractivity contribution >= 4 is 24.2 Å². The number of ether oxygens (including phenoxy) is 8. The molecule has 3 rings (SSSR count). The number of aldehydes is 1. The first-order valence-corrected chi connectivity index (χ1v) is 19.6. The molecule has 0 aromatic rings. The molecule has 16 atom stereocenters. The zero-order valence-corrected chi connectivity index (χ0v) is 34.5. The van der Waals surface area contributed by atoms with Gasteiger partial charge in [0.15, 0.2) is 18.7 Å². The van der Waals surface area contributed by atoms with Crippen LogP contribution in [0.15, 0.2) is 24.3 Å². The van der Waals surface area contributed by atoms with Crippen molar-refractivity contribution in [2.24, 2.45) is 11.8 Å². The molecule has 3 aliphatic heterocycles. The third-order valence-electron chi connectivity index (χ3n) is 10.6. The largest absolute Gasteiger partial charge is 0.462 e. The average molecular weight is 800 g/mol. The van der Waals surface area contributed by atoms with E-state index < -0.39 is 121 Å². The van der Waals surface area contributed by atoms with Gasteiger partial charge in [-0.2, -0.15) is 0 Å². The lowest BCUT2D eigenvalue weighted by Crippen LogP contribution is -2.66. The van der Waals surface area contributed by atoms with Crippen LogP contribution in [0.25, 0.3) is 0 Å². The highest BCUT2D eigenvalue weighted by molar-refractivity contribution is 5.72. The molecule has 56 heavy (non-hydrogen) atoms. The minimum absolute atomic E-state index is 0.0440. The second-order valence-electron chi connectivity index (χ2n) is 15.7. The second-order valence-corrected chi connectivity index (χ2v) is 15.7. The van der Waals surface area contributed by atoms with Crippen LogP contribution in [-0.4, -0.2) is 151 Å². The Bertz CT molecular complexity index is 1340. The summed E-state index contributed by atoms with van der Waals surface area (Å²) in [5, 5.41) is 34.4. The molecule has 3 aliphatic rings. The average Bonchev–Trinajstić information content (AvgIpc) is 3.09. The molecule has 0 aliphatic carbocycles. The number of carbonyl (C=O) groups is 4. The molecule has 2 fully saturated rings. The van der Waals surface area contributed by atoms with Crippen LogP contribution in [-0.2, 0) is 57.1 Å². The molecular weight excluding hydrogens is 734 g/mol. The summed E-state index contributed by atoms with van der Waals surface area (Å²) in [6, 6.07) is -0.778. The fraction of sp³-hybridized carbons (Fsp3) is 0.800. The lowest BCUT2D eigenvalue weighted by atomic mass is 9.82. The fourth-order valence-corrected chi connectivity index (χ4v) is 7.78. The predicted octanol–water partition coefficient (Wildman–Crippen LogP) is 2.38. The molecule has 0 aromatic heterocycles. The van der Waals surface area contributed by atoms with E-state index in [1.54, 1.807) is 77.9 Å². The Balaban J connectivity index is 2.00. The summed E-state index contributed by atoms with van der Waals surface area (Å²) in [7, 11) is 4.85. The van der Waals surface area contributed by atoms with Crippen molar-refractivity contribution in [3.8, 4) is 0 Å². The fourth-order valence-electron chi connectivity index (χ4n) is 7.78. The van der Waals surface area contributed by atoms with E-state index in [2.05, 4.69) is 0 Å². The van der Waals surface area contributed by atoms with E-state index in [9.17, 15) is 34.5 Å². The summed E-state index contributed by atoms with van der Waals surface area (Å²) in [5.41, 5.74) is -1.49. The number of hydrogen-bond acceptors (Lipinski definition) is 16. The Hall–Kier alpha value is -2.80. The number of allylic oxidation sites excluding steroid dienone is 2. The maximum atomic E-state index is 13.2. The van der Waals surface area contributed by atoms with Gasteiger partial charge in [0.1, 0.15) is 42.4 Å². The van der Waals surface area contributed by atoms with Gasteiger partial charge in [-0.15, -0.1) is 0 Å². The van der Waals surface area contributed by atoms with E-state index in [4.69, 9.17) is 37.9 Å². The van der Waals surface area contributed by atoms with Crippen molar-refractivity contribution in [2.45, 2.75) is 172 Å². The summed E-state index contributed by atoms with van der Waals surface area (Å²) in [4.78, 5) is 51.7. The monoisotopic (exact) mass is 799 g/mol. The minimum Gasteiger partial charge on any atom is -0.462 e. The minimum atomic E-state index is -1.49. The van der Waals surface area contributed by atoms with Crippen molar-refractivity contribution in [3.05, 3.63) is 24.3 Å². The molecule has 3 heterocycles. The Labute approximate surface area is 330 Å². The summed E-state index contributed by atoms with van der Waals surface area (Å²) in [6.07, 6.45) is -4.12. The van der Waals surface area contributed by atoms with Crippen LogP contribution in [0.1, 0.15) is 87.0 Å². The number of likely N-dealkylation sites (N-methyl/N-ethyl adjacent to an activating group) is 1. The molecular formula is C40H65NO15. The topological polar surface area (TPSA) is 206 Å². The van der Waals surface area contributed by atoms with E-state index in [1.807, 2.05) is 6.92 Å². The highest BCUT2D eigenvalue weighted by Gasteiger charge is 2.53. The molecule has 3 N–H and O–H groups in total. The molecule has 0 saturated carbocycles. The van der Waals surface area contributed by atoms with Crippen molar-refractivity contribution in [2.75, 3.05) is 21.2 Å².